The molecule has 0 bridgehead atoms. The van der Waals surface area contributed by atoms with Crippen molar-refractivity contribution in [2.75, 3.05) is 0 Å². The van der Waals surface area contributed by atoms with Crippen LogP contribution in [0.25, 0.3) is 164 Å². The third-order valence-electron chi connectivity index (χ3n) is 15.9. The van der Waals surface area contributed by atoms with Gasteiger partial charge in [0.1, 0.15) is 0 Å². The summed E-state index contributed by atoms with van der Waals surface area (Å²) in [5.41, 5.74) is 15.8. The Balaban J connectivity index is 1.11. The highest BCUT2D eigenvalue weighted by atomic mass is 14.3. The van der Waals surface area contributed by atoms with Crippen molar-refractivity contribution in [3.63, 3.8) is 0 Å². The van der Waals surface area contributed by atoms with Gasteiger partial charge in [0.15, 0.2) is 0 Å². The fraction of sp³-hybridized carbons (Fsp3) is 0. The molecular formula is C68H34N2. The second kappa shape index (κ2) is 13.5. The molecule has 0 amide bonds. The van der Waals surface area contributed by atoms with Crippen molar-refractivity contribution in [2.24, 2.45) is 0 Å². The van der Waals surface area contributed by atoms with Crippen LogP contribution in [-0.4, -0.2) is 0 Å². The molecule has 0 saturated carbocycles. The minimum atomic E-state index is 0.668. The number of hydrogen-bond donors (Lipinski definition) is 0. The molecule has 14 aromatic carbocycles. The van der Waals surface area contributed by atoms with Gasteiger partial charge in [0.05, 0.1) is 23.3 Å². The summed E-state index contributed by atoms with van der Waals surface area (Å²) in [6, 6.07) is 80.7. The number of nitriles is 2. The highest BCUT2D eigenvalue weighted by Crippen LogP contribution is 2.56. The van der Waals surface area contributed by atoms with Crippen molar-refractivity contribution in [3.8, 4) is 78.9 Å². The molecule has 0 saturated heterocycles. The number of benzene rings is 14. The van der Waals surface area contributed by atoms with Crippen molar-refractivity contribution in [1.82, 2.24) is 0 Å². The van der Waals surface area contributed by atoms with Gasteiger partial charge in [-0.1, -0.05) is 146 Å². The standard InChI is InChI=1S/C68H34N2/c69-35-39-23-25-47(45-17-7-5-15-43(39)45)53-29-60-59(61-31-55-51-21-9-19-49-41-13-3-1-11-37(41)27-65(67(49)51)63(55)33-57(53)61)30-54(48-26-24-40(36-70)44-16-6-8-18-46(44)48)58-34-64-56(32-62(58)60)52-22-10-20-50-42-14-4-2-12-38(42)28-66(64)68(50)52/h1-34H. The second-order valence-electron chi connectivity index (χ2n) is 19.2. The molecule has 0 aliphatic heterocycles. The Bertz CT molecular complexity index is 4590. The van der Waals surface area contributed by atoms with Gasteiger partial charge in [0, 0.05) is 10.8 Å². The van der Waals surface area contributed by atoms with Crippen LogP contribution >= 0.6 is 0 Å². The molecule has 2 nitrogen and oxygen atoms in total. The number of hydrogen-bond acceptors (Lipinski definition) is 2. The number of fused-ring (bicyclic) bond motifs is 17. The Morgan fingerprint density at radius 2 is 0.543 bits per heavy atom. The van der Waals surface area contributed by atoms with E-state index in [2.05, 4.69) is 194 Å². The summed E-state index contributed by atoms with van der Waals surface area (Å²) in [5.74, 6) is 0. The SMILES string of the molecule is N#Cc1ccc(-c2cc3c4cc5c(cc4c(-c4ccc(C#N)c6ccccc46)cc3c3cc4c(cc23)-c2cc3ccccc3c3cccc-4c23)-c2cc3ccccc3c3cccc-5c23)c2ccccc12. The number of nitrogens with zero attached hydrogens (tertiary/aromatic N) is 2. The van der Waals surface area contributed by atoms with Crippen molar-refractivity contribution in [2.45, 2.75) is 0 Å². The van der Waals surface area contributed by atoms with Crippen LogP contribution in [0.1, 0.15) is 11.1 Å². The fourth-order valence-electron chi connectivity index (χ4n) is 12.9. The number of rotatable bonds is 2. The van der Waals surface area contributed by atoms with Crippen LogP contribution in [0, 0.1) is 22.7 Å². The molecule has 2 aliphatic carbocycles. The predicted octanol–water partition coefficient (Wildman–Crippen LogP) is 18.4. The topological polar surface area (TPSA) is 47.6 Å². The van der Waals surface area contributed by atoms with Gasteiger partial charge < -0.3 is 0 Å². The highest BCUT2D eigenvalue weighted by Gasteiger charge is 2.29. The van der Waals surface area contributed by atoms with Crippen LogP contribution < -0.4 is 0 Å². The molecule has 0 unspecified atom stereocenters. The molecule has 2 heteroatoms. The third kappa shape index (κ3) is 4.79. The lowest BCUT2D eigenvalue weighted by molar-refractivity contribution is 1.50. The van der Waals surface area contributed by atoms with Crippen molar-refractivity contribution in [3.05, 3.63) is 217 Å². The Kier molecular flexibility index (Phi) is 7.24. The van der Waals surface area contributed by atoms with Crippen LogP contribution in [-0.2, 0) is 0 Å². The molecule has 70 heavy (non-hydrogen) atoms. The molecule has 2 aliphatic rings. The molecule has 0 fully saturated rings. The van der Waals surface area contributed by atoms with E-state index in [0.717, 1.165) is 54.6 Å². The van der Waals surface area contributed by atoms with Crippen molar-refractivity contribution in [1.29, 1.82) is 10.5 Å². The fourth-order valence-corrected chi connectivity index (χ4v) is 12.9. The molecule has 16 rings (SSSR count). The van der Waals surface area contributed by atoms with Gasteiger partial charge in [0.2, 0.25) is 0 Å². The van der Waals surface area contributed by atoms with Gasteiger partial charge in [0.25, 0.3) is 0 Å². The van der Waals surface area contributed by atoms with Gasteiger partial charge in [-0.25, -0.2) is 0 Å². The van der Waals surface area contributed by atoms with Crippen LogP contribution in [0.4, 0.5) is 0 Å². The summed E-state index contributed by atoms with van der Waals surface area (Å²) in [5, 5.41) is 41.9. The van der Waals surface area contributed by atoms with E-state index >= 15 is 0 Å². The summed E-state index contributed by atoms with van der Waals surface area (Å²) >= 11 is 0. The van der Waals surface area contributed by atoms with E-state index in [9.17, 15) is 10.5 Å². The molecule has 0 radical (unpaired) electrons. The van der Waals surface area contributed by atoms with E-state index in [0.29, 0.717) is 11.1 Å². The van der Waals surface area contributed by atoms with Crippen LogP contribution in [0.15, 0.2) is 206 Å². The summed E-state index contributed by atoms with van der Waals surface area (Å²) in [6.45, 7) is 0. The minimum Gasteiger partial charge on any atom is -0.192 e. The van der Waals surface area contributed by atoms with Gasteiger partial charge in [-0.2, -0.15) is 10.5 Å². The van der Waals surface area contributed by atoms with E-state index in [1.165, 1.54) is 109 Å². The predicted molar refractivity (Wildman–Crippen MR) is 293 cm³/mol. The van der Waals surface area contributed by atoms with Crippen LogP contribution in [0.3, 0.4) is 0 Å². The average molecular weight is 879 g/mol. The summed E-state index contributed by atoms with van der Waals surface area (Å²) in [6.07, 6.45) is 0. The maximum Gasteiger partial charge on any atom is 0.0998 e. The molecule has 0 heterocycles. The van der Waals surface area contributed by atoms with Crippen LogP contribution in [0.2, 0.25) is 0 Å². The Labute approximate surface area is 401 Å². The van der Waals surface area contributed by atoms with E-state index in [1.807, 2.05) is 24.3 Å². The smallest absolute Gasteiger partial charge is 0.0998 e. The van der Waals surface area contributed by atoms with Gasteiger partial charge in [-0.05, 0) is 214 Å². The molecule has 0 N–H and O–H groups in total. The second-order valence-corrected chi connectivity index (χ2v) is 19.2. The maximum atomic E-state index is 10.4. The van der Waals surface area contributed by atoms with E-state index < -0.39 is 0 Å². The van der Waals surface area contributed by atoms with Crippen molar-refractivity contribution >= 4 is 97.0 Å². The lowest BCUT2D eigenvalue weighted by Gasteiger charge is -2.20. The summed E-state index contributed by atoms with van der Waals surface area (Å²) < 4.78 is 0. The largest absolute Gasteiger partial charge is 0.192 e. The van der Waals surface area contributed by atoms with Crippen molar-refractivity contribution < 1.29 is 0 Å². The van der Waals surface area contributed by atoms with Gasteiger partial charge in [-0.3, -0.25) is 0 Å². The third-order valence-corrected chi connectivity index (χ3v) is 15.9. The molecular weight excluding hydrogens is 845 g/mol. The lowest BCUT2D eigenvalue weighted by atomic mass is 9.83. The first-order valence-corrected chi connectivity index (χ1v) is 23.9. The monoisotopic (exact) mass is 878 g/mol. The first-order valence-electron chi connectivity index (χ1n) is 23.9. The first-order chi connectivity index (χ1) is 34.6. The van der Waals surface area contributed by atoms with E-state index in [1.54, 1.807) is 0 Å². The maximum absolute atomic E-state index is 10.4. The van der Waals surface area contributed by atoms with Gasteiger partial charge in [-0.15, -0.1) is 0 Å². The van der Waals surface area contributed by atoms with E-state index in [-0.39, 0.29) is 0 Å². The average Bonchev–Trinajstić information content (AvgIpc) is 3.90. The Hall–Kier alpha value is -9.60. The Morgan fingerprint density at radius 3 is 0.986 bits per heavy atom. The molecule has 0 atom stereocenters. The first kappa shape index (κ1) is 37.5. The quantitative estimate of drug-likeness (QED) is 0.162. The Morgan fingerprint density at radius 1 is 0.200 bits per heavy atom. The van der Waals surface area contributed by atoms with Gasteiger partial charge >= 0.3 is 0 Å². The molecule has 0 aromatic heterocycles. The molecule has 316 valence electrons. The van der Waals surface area contributed by atoms with Crippen LogP contribution in [0.5, 0.6) is 0 Å². The zero-order valence-corrected chi connectivity index (χ0v) is 37.5. The molecule has 14 aromatic rings. The minimum absolute atomic E-state index is 0.668. The summed E-state index contributed by atoms with van der Waals surface area (Å²) in [4.78, 5) is 0. The highest BCUT2D eigenvalue weighted by molar-refractivity contribution is 6.32. The zero-order valence-electron chi connectivity index (χ0n) is 37.5. The normalized spacial score (nSPS) is 12.3. The molecule has 0 spiro atoms. The zero-order chi connectivity index (χ0) is 45.9. The lowest BCUT2D eigenvalue weighted by Crippen LogP contribution is -1.93. The van der Waals surface area contributed by atoms with E-state index in [4.69, 9.17) is 0 Å². The summed E-state index contributed by atoms with van der Waals surface area (Å²) in [7, 11) is 0.